The van der Waals surface area contributed by atoms with Crippen molar-refractivity contribution in [2.24, 2.45) is 0 Å². The summed E-state index contributed by atoms with van der Waals surface area (Å²) >= 11 is 0. The van der Waals surface area contributed by atoms with Crippen LogP contribution in [-0.4, -0.2) is 28.2 Å². The van der Waals surface area contributed by atoms with Gasteiger partial charge in [0.05, 0.1) is 16.9 Å². The summed E-state index contributed by atoms with van der Waals surface area (Å²) in [5.74, 6) is 1.44. The van der Waals surface area contributed by atoms with E-state index in [9.17, 15) is 0 Å². The second-order valence-electron chi connectivity index (χ2n) is 4.36. The Labute approximate surface area is 104 Å². The van der Waals surface area contributed by atoms with Gasteiger partial charge in [-0.2, -0.15) is 0 Å². The predicted molar refractivity (Wildman–Crippen MR) is 69.3 cm³/mol. The summed E-state index contributed by atoms with van der Waals surface area (Å²) in [6.45, 7) is 9.69. The van der Waals surface area contributed by atoms with Crippen molar-refractivity contribution in [2.45, 2.75) is 12.8 Å². The van der Waals surface area contributed by atoms with Crippen LogP contribution in [0.3, 0.4) is 0 Å². The lowest BCUT2D eigenvalue weighted by atomic mass is 10.3. The molecule has 18 heavy (non-hydrogen) atoms. The molecule has 0 aromatic carbocycles. The highest BCUT2D eigenvalue weighted by molar-refractivity contribution is 5.68. The molecule has 0 atom stereocenters. The van der Waals surface area contributed by atoms with Gasteiger partial charge in [-0.05, 0) is 12.8 Å². The molecule has 2 aromatic rings. The van der Waals surface area contributed by atoms with E-state index >= 15 is 0 Å². The molecule has 0 bridgehead atoms. The van der Waals surface area contributed by atoms with E-state index in [2.05, 4.69) is 33.2 Å². The van der Waals surface area contributed by atoms with Crippen molar-refractivity contribution in [2.75, 3.05) is 18.0 Å². The van der Waals surface area contributed by atoms with Crippen molar-refractivity contribution in [3.63, 3.8) is 0 Å². The topological polar surface area (TPSA) is 55.1 Å². The van der Waals surface area contributed by atoms with Gasteiger partial charge in [-0.25, -0.2) is 9.97 Å². The van der Waals surface area contributed by atoms with Crippen molar-refractivity contribution in [3.05, 3.63) is 23.0 Å². The van der Waals surface area contributed by atoms with E-state index in [1.165, 1.54) is 12.8 Å². The van der Waals surface area contributed by atoms with Crippen LogP contribution in [-0.2, 0) is 0 Å². The quantitative estimate of drug-likeness (QED) is 0.770. The third-order valence-electron chi connectivity index (χ3n) is 3.11. The van der Waals surface area contributed by atoms with E-state index in [-0.39, 0.29) is 0 Å². The average molecular weight is 242 g/mol. The lowest BCUT2D eigenvalue weighted by molar-refractivity contribution is 0.430. The molecule has 1 fully saturated rings. The van der Waals surface area contributed by atoms with E-state index in [1.807, 2.05) is 0 Å². The smallest absolute Gasteiger partial charge is 0.189 e. The van der Waals surface area contributed by atoms with Crippen LogP contribution in [0.15, 0.2) is 16.8 Å². The Morgan fingerprint density at radius 1 is 1.11 bits per heavy atom. The lowest BCUT2D eigenvalue weighted by Gasteiger charge is -2.18. The summed E-state index contributed by atoms with van der Waals surface area (Å²) in [7, 11) is 0. The van der Waals surface area contributed by atoms with Crippen LogP contribution in [0, 0.1) is 0 Å². The predicted octanol–water partition coefficient (Wildman–Crippen LogP) is 0.552. The van der Waals surface area contributed by atoms with Gasteiger partial charge in [-0.15, -0.1) is 0 Å². The zero-order valence-corrected chi connectivity index (χ0v) is 10.1. The van der Waals surface area contributed by atoms with Gasteiger partial charge in [-0.1, -0.05) is 18.3 Å². The fourth-order valence-corrected chi connectivity index (χ4v) is 2.15. The zero-order valence-electron chi connectivity index (χ0n) is 10.1. The van der Waals surface area contributed by atoms with Crippen LogP contribution < -0.4 is 15.6 Å². The number of hydrogen-bond acceptors (Lipinski definition) is 5. The van der Waals surface area contributed by atoms with Crippen molar-refractivity contribution in [3.8, 4) is 11.5 Å². The molecule has 5 heteroatoms. The van der Waals surface area contributed by atoms with Crippen LogP contribution >= 0.6 is 0 Å². The molecule has 0 spiro atoms. The first-order valence-electron chi connectivity index (χ1n) is 5.97. The second-order valence-corrected chi connectivity index (χ2v) is 4.36. The van der Waals surface area contributed by atoms with Crippen LogP contribution in [0.4, 0.5) is 5.82 Å². The van der Waals surface area contributed by atoms with Gasteiger partial charge in [0.25, 0.3) is 0 Å². The number of nitrogens with zero attached hydrogens (tertiary/aromatic N) is 4. The highest BCUT2D eigenvalue weighted by Gasteiger charge is 2.20. The third-order valence-corrected chi connectivity index (χ3v) is 3.11. The molecule has 1 saturated heterocycles. The van der Waals surface area contributed by atoms with Gasteiger partial charge in [0.1, 0.15) is 0 Å². The monoisotopic (exact) mass is 242 g/mol. The first kappa shape index (κ1) is 11.0. The number of rotatable bonds is 2. The first-order chi connectivity index (χ1) is 8.75. The molecule has 2 aromatic heterocycles. The Bertz CT molecular complexity index is 644. The fourth-order valence-electron chi connectivity index (χ4n) is 2.15. The molecule has 1 aliphatic heterocycles. The molecule has 0 aliphatic carbocycles. The van der Waals surface area contributed by atoms with Crippen LogP contribution in [0.5, 0.6) is 0 Å². The zero-order chi connectivity index (χ0) is 12.5. The van der Waals surface area contributed by atoms with Gasteiger partial charge in [0.2, 0.25) is 0 Å². The van der Waals surface area contributed by atoms with E-state index in [0.717, 1.165) is 18.9 Å². The number of anilines is 1. The minimum atomic E-state index is 0.573. The van der Waals surface area contributed by atoms with Gasteiger partial charge in [0, 0.05) is 19.2 Å². The Balaban J connectivity index is 2.19. The van der Waals surface area contributed by atoms with Gasteiger partial charge in [-0.3, -0.25) is 0 Å². The maximum atomic E-state index is 5.19. The van der Waals surface area contributed by atoms with Gasteiger partial charge in [0.15, 0.2) is 17.3 Å². The molecule has 0 unspecified atom stereocenters. The van der Waals surface area contributed by atoms with Crippen molar-refractivity contribution >= 4 is 19.0 Å². The number of hydrogen-bond donors (Lipinski definition) is 0. The third kappa shape index (κ3) is 1.77. The Morgan fingerprint density at radius 2 is 1.83 bits per heavy atom. The van der Waals surface area contributed by atoms with E-state index < -0.39 is 0 Å². The van der Waals surface area contributed by atoms with E-state index in [1.54, 1.807) is 12.3 Å². The van der Waals surface area contributed by atoms with E-state index in [4.69, 9.17) is 4.52 Å². The van der Waals surface area contributed by atoms with Gasteiger partial charge >= 0.3 is 0 Å². The van der Waals surface area contributed by atoms with Crippen LogP contribution in [0.1, 0.15) is 12.8 Å². The molecule has 5 nitrogen and oxygen atoms in total. The molecular weight excluding hydrogens is 228 g/mol. The van der Waals surface area contributed by atoms with Gasteiger partial charge < -0.3 is 9.42 Å². The molecule has 3 heterocycles. The minimum absolute atomic E-state index is 0.573. The second kappa shape index (κ2) is 4.25. The number of aromatic nitrogens is 3. The summed E-state index contributed by atoms with van der Waals surface area (Å²) in [5.41, 5.74) is 0.701. The molecule has 0 saturated carbocycles. The molecular formula is C13H14N4O. The van der Waals surface area contributed by atoms with Crippen molar-refractivity contribution in [1.82, 2.24) is 15.1 Å². The summed E-state index contributed by atoms with van der Waals surface area (Å²) in [5, 5.41) is 4.91. The maximum Gasteiger partial charge on any atom is 0.189 e. The van der Waals surface area contributed by atoms with Crippen LogP contribution in [0.2, 0.25) is 0 Å². The fraction of sp³-hybridized carbons (Fsp3) is 0.308. The molecule has 92 valence electrons. The molecule has 3 rings (SSSR count). The maximum absolute atomic E-state index is 5.19. The Kier molecular flexibility index (Phi) is 2.59. The molecule has 1 aliphatic rings. The standard InChI is InChI=1S/C13H14N4O/c1-9-10(2)16-13(17-7-3-4-8-17)12(15-9)11-5-6-14-18-11/h5-6H,1-4,7-8H2. The normalized spacial score (nSPS) is 15.2. The Morgan fingerprint density at radius 3 is 2.50 bits per heavy atom. The first-order valence-corrected chi connectivity index (χ1v) is 5.97. The van der Waals surface area contributed by atoms with Crippen LogP contribution in [0.25, 0.3) is 24.6 Å². The Hall–Kier alpha value is -2.17. The summed E-state index contributed by atoms with van der Waals surface area (Å²) in [4.78, 5) is 11.2. The molecule has 0 amide bonds. The largest absolute Gasteiger partial charge is 0.355 e. The molecule has 0 N–H and O–H groups in total. The lowest BCUT2D eigenvalue weighted by Crippen LogP contribution is -2.33. The van der Waals surface area contributed by atoms with Crippen molar-refractivity contribution < 1.29 is 4.52 Å². The highest BCUT2D eigenvalue weighted by atomic mass is 16.5. The summed E-state index contributed by atoms with van der Waals surface area (Å²) < 4.78 is 5.19. The summed E-state index contributed by atoms with van der Waals surface area (Å²) in [6, 6.07) is 1.78. The average Bonchev–Trinajstić information content (AvgIpc) is 3.02. The molecule has 0 radical (unpaired) electrons. The minimum Gasteiger partial charge on any atom is -0.355 e. The summed E-state index contributed by atoms with van der Waals surface area (Å²) in [6.07, 6.45) is 3.96. The van der Waals surface area contributed by atoms with E-state index in [0.29, 0.717) is 22.2 Å². The highest BCUT2D eigenvalue weighted by Crippen LogP contribution is 2.27. The SMILES string of the molecule is C=c1nc(-c2ccno2)c(N2CCCC2)nc1=C. The van der Waals surface area contributed by atoms with Crippen molar-refractivity contribution in [1.29, 1.82) is 0 Å².